The molecule has 0 fully saturated rings. The van der Waals surface area contributed by atoms with Gasteiger partial charge in [-0.1, -0.05) is 36.9 Å². The van der Waals surface area contributed by atoms with Gasteiger partial charge in [-0.3, -0.25) is 4.79 Å². The number of hydrogen-bond acceptors (Lipinski definition) is 5. The normalized spacial score (nSPS) is 23.6. The van der Waals surface area contributed by atoms with Crippen molar-refractivity contribution in [3.8, 4) is 0 Å². The Kier molecular flexibility index (Phi) is 7.12. The second kappa shape index (κ2) is 8.60. The van der Waals surface area contributed by atoms with Gasteiger partial charge in [0.05, 0.1) is 18.7 Å². The van der Waals surface area contributed by atoms with Crippen LogP contribution in [0.4, 0.5) is 0 Å². The van der Waals surface area contributed by atoms with Crippen LogP contribution < -0.4 is 0 Å². The highest BCUT2D eigenvalue weighted by atomic mass is 16.7. The van der Waals surface area contributed by atoms with Crippen LogP contribution in [0.5, 0.6) is 0 Å². The van der Waals surface area contributed by atoms with Gasteiger partial charge in [0.1, 0.15) is 0 Å². The smallest absolute Gasteiger partial charge is 0.331 e. The van der Waals surface area contributed by atoms with E-state index in [4.69, 9.17) is 9.57 Å². The van der Waals surface area contributed by atoms with Crippen LogP contribution >= 0.6 is 0 Å². The molecule has 0 aromatic carbocycles. The maximum absolute atomic E-state index is 12.0. The molecule has 118 valence electrons. The van der Waals surface area contributed by atoms with Crippen molar-refractivity contribution in [1.29, 1.82) is 0 Å². The molecule has 0 spiro atoms. The molecule has 21 heavy (non-hydrogen) atoms. The molecule has 0 radical (unpaired) electrons. The highest BCUT2D eigenvalue weighted by Gasteiger charge is 2.34. The zero-order valence-corrected chi connectivity index (χ0v) is 13.3. The lowest BCUT2D eigenvalue weighted by atomic mass is 9.75. The Morgan fingerprint density at radius 3 is 2.67 bits per heavy atom. The second-order valence-corrected chi connectivity index (χ2v) is 5.51. The predicted octanol–water partition coefficient (Wildman–Crippen LogP) is 3.24. The molecule has 5 nitrogen and oxygen atoms in total. The van der Waals surface area contributed by atoms with Gasteiger partial charge in [0.25, 0.3) is 0 Å². The van der Waals surface area contributed by atoms with E-state index in [2.05, 4.69) is 12.1 Å². The number of carbonyl (C=O) groups excluding carboxylic acids is 2. The van der Waals surface area contributed by atoms with Gasteiger partial charge in [-0.25, -0.2) is 4.79 Å². The highest BCUT2D eigenvalue weighted by molar-refractivity contribution is 5.98. The molecule has 0 aromatic rings. The van der Waals surface area contributed by atoms with E-state index in [-0.39, 0.29) is 17.8 Å². The molecule has 0 heterocycles. The summed E-state index contributed by atoms with van der Waals surface area (Å²) in [6.07, 6.45) is 6.75. The third-order valence-electron chi connectivity index (χ3n) is 3.75. The topological polar surface area (TPSA) is 65.0 Å². The van der Waals surface area contributed by atoms with Gasteiger partial charge in [-0.2, -0.15) is 0 Å². The fourth-order valence-corrected chi connectivity index (χ4v) is 2.79. The summed E-state index contributed by atoms with van der Waals surface area (Å²) in [7, 11) is 1.42. The number of nitrogens with zero attached hydrogens (tertiary/aromatic N) is 1. The summed E-state index contributed by atoms with van der Waals surface area (Å²) in [6.45, 7) is 5.37. The first kappa shape index (κ1) is 17.4. The monoisotopic (exact) mass is 295 g/mol. The number of ether oxygens (including phenoxy) is 1. The molecule has 1 aliphatic carbocycles. The van der Waals surface area contributed by atoms with E-state index >= 15 is 0 Å². The fraction of sp³-hybridized carbons (Fsp3) is 0.688. The van der Waals surface area contributed by atoms with E-state index in [1.807, 2.05) is 13.0 Å². The molecule has 0 unspecified atom stereocenters. The first-order valence-electron chi connectivity index (χ1n) is 7.50. The van der Waals surface area contributed by atoms with Crippen LogP contribution in [-0.4, -0.2) is 24.8 Å². The first-order chi connectivity index (χ1) is 9.99. The molecular weight excluding hydrogens is 270 g/mol. The molecule has 5 heteroatoms. The lowest BCUT2D eigenvalue weighted by Crippen LogP contribution is -2.31. The van der Waals surface area contributed by atoms with E-state index in [0.29, 0.717) is 12.1 Å². The van der Waals surface area contributed by atoms with Crippen LogP contribution in [0.1, 0.15) is 52.9 Å². The van der Waals surface area contributed by atoms with Crippen LogP contribution in [-0.2, 0) is 19.2 Å². The lowest BCUT2D eigenvalue weighted by Gasteiger charge is -2.29. The van der Waals surface area contributed by atoms with Crippen molar-refractivity contribution in [3.63, 3.8) is 0 Å². The molecule has 0 aliphatic heterocycles. The van der Waals surface area contributed by atoms with Gasteiger partial charge in [0.15, 0.2) is 0 Å². The van der Waals surface area contributed by atoms with Crippen molar-refractivity contribution in [2.75, 3.05) is 7.11 Å². The van der Waals surface area contributed by atoms with Crippen LogP contribution in [0.25, 0.3) is 0 Å². The number of carbonyl (C=O) groups is 2. The van der Waals surface area contributed by atoms with E-state index < -0.39 is 5.97 Å². The Bertz CT molecular complexity index is 440. The quantitative estimate of drug-likeness (QED) is 0.326. The molecular formula is C16H25NO4. The van der Waals surface area contributed by atoms with Gasteiger partial charge in [0.2, 0.25) is 0 Å². The fourth-order valence-electron chi connectivity index (χ4n) is 2.79. The van der Waals surface area contributed by atoms with Crippen molar-refractivity contribution in [2.24, 2.45) is 17.0 Å². The van der Waals surface area contributed by atoms with Crippen molar-refractivity contribution in [2.45, 2.75) is 52.9 Å². The standard InChI is InChI=1S/C16H25NO4/c1-5-6-7-8-13-10-14(17-21-12(3)18)9-11(2)15(13)16(19)20-4/h9,13,15H,5-8,10H2,1-4H3/b17-14+/t13-,15-/m0/s1. The summed E-state index contributed by atoms with van der Waals surface area (Å²) in [6, 6.07) is 0. The molecule has 0 saturated heterocycles. The summed E-state index contributed by atoms with van der Waals surface area (Å²) < 4.78 is 4.93. The number of oxime groups is 1. The highest BCUT2D eigenvalue weighted by Crippen LogP contribution is 2.34. The average Bonchev–Trinajstić information content (AvgIpc) is 2.44. The zero-order chi connectivity index (χ0) is 15.8. The maximum atomic E-state index is 12.0. The molecule has 0 aromatic heterocycles. The van der Waals surface area contributed by atoms with Crippen LogP contribution in [0.2, 0.25) is 0 Å². The third kappa shape index (κ3) is 5.33. The van der Waals surface area contributed by atoms with E-state index in [9.17, 15) is 9.59 Å². The first-order valence-corrected chi connectivity index (χ1v) is 7.50. The van der Waals surface area contributed by atoms with Crippen molar-refractivity contribution >= 4 is 17.7 Å². The Hall–Kier alpha value is -1.65. The van der Waals surface area contributed by atoms with Crippen molar-refractivity contribution in [1.82, 2.24) is 0 Å². The van der Waals surface area contributed by atoms with Gasteiger partial charge in [-0.15, -0.1) is 0 Å². The SMILES string of the molecule is CCCCC[C@H]1C/C(=N/OC(C)=O)C=C(C)[C@@H]1C(=O)OC. The summed E-state index contributed by atoms with van der Waals surface area (Å²) >= 11 is 0. The van der Waals surface area contributed by atoms with E-state index in [1.54, 1.807) is 0 Å². The Balaban J connectivity index is 2.89. The minimum atomic E-state index is -0.439. The lowest BCUT2D eigenvalue weighted by molar-refractivity contribution is -0.146. The summed E-state index contributed by atoms with van der Waals surface area (Å²) in [4.78, 5) is 27.6. The van der Waals surface area contributed by atoms with Gasteiger partial charge >= 0.3 is 11.9 Å². The molecule has 0 bridgehead atoms. The molecule has 1 aliphatic rings. The van der Waals surface area contributed by atoms with Gasteiger partial charge in [0, 0.05) is 6.92 Å². The molecule has 0 amide bonds. The Morgan fingerprint density at radius 1 is 1.38 bits per heavy atom. The average molecular weight is 295 g/mol. The van der Waals surface area contributed by atoms with Crippen LogP contribution in [0.15, 0.2) is 16.8 Å². The molecule has 0 N–H and O–H groups in total. The molecule has 0 saturated carbocycles. The van der Waals surface area contributed by atoms with E-state index in [1.165, 1.54) is 14.0 Å². The number of allylic oxidation sites excluding steroid dienone is 1. The number of unbranched alkanes of at least 4 members (excludes halogenated alkanes) is 2. The van der Waals surface area contributed by atoms with E-state index in [0.717, 1.165) is 31.3 Å². The number of esters is 1. The van der Waals surface area contributed by atoms with Gasteiger partial charge < -0.3 is 9.57 Å². The van der Waals surface area contributed by atoms with Crippen LogP contribution in [0.3, 0.4) is 0 Å². The number of rotatable bonds is 6. The number of methoxy groups -OCH3 is 1. The van der Waals surface area contributed by atoms with Gasteiger partial charge in [-0.05, 0) is 31.8 Å². The van der Waals surface area contributed by atoms with Crippen molar-refractivity contribution in [3.05, 3.63) is 11.6 Å². The summed E-state index contributed by atoms with van der Waals surface area (Å²) in [5.41, 5.74) is 1.63. The Morgan fingerprint density at radius 2 is 2.10 bits per heavy atom. The zero-order valence-electron chi connectivity index (χ0n) is 13.3. The number of hydrogen-bond donors (Lipinski definition) is 0. The van der Waals surface area contributed by atoms with Crippen molar-refractivity contribution < 1.29 is 19.2 Å². The third-order valence-corrected chi connectivity index (χ3v) is 3.75. The van der Waals surface area contributed by atoms with Crippen LogP contribution in [0, 0.1) is 11.8 Å². The Labute approximate surface area is 126 Å². The minimum absolute atomic E-state index is 0.156. The summed E-state index contributed by atoms with van der Waals surface area (Å²) in [5, 5.41) is 3.87. The predicted molar refractivity (Wildman–Crippen MR) is 80.7 cm³/mol. The maximum Gasteiger partial charge on any atom is 0.331 e. The minimum Gasteiger partial charge on any atom is -0.469 e. The summed E-state index contributed by atoms with van der Waals surface area (Å²) in [5.74, 6) is -0.700. The largest absolute Gasteiger partial charge is 0.469 e. The molecule has 1 rings (SSSR count). The second-order valence-electron chi connectivity index (χ2n) is 5.51. The molecule has 2 atom stereocenters.